The van der Waals surface area contributed by atoms with Crippen molar-refractivity contribution in [2.24, 2.45) is 5.92 Å². The third-order valence-corrected chi connectivity index (χ3v) is 4.60. The molecule has 0 aromatic heterocycles. The fourth-order valence-corrected chi connectivity index (χ4v) is 3.51. The highest BCUT2D eigenvalue weighted by Crippen LogP contribution is 2.33. The van der Waals surface area contributed by atoms with Crippen LogP contribution in [-0.2, 0) is 4.79 Å². The molecule has 1 aliphatic heterocycles. The number of anilines is 1. The molecule has 1 aromatic carbocycles. The Bertz CT molecular complexity index is 509. The van der Waals surface area contributed by atoms with Gasteiger partial charge in [0, 0.05) is 11.1 Å². The van der Waals surface area contributed by atoms with E-state index < -0.39 is 5.82 Å². The largest absolute Gasteiger partial charge is 0.322 e. The molecule has 5 heteroatoms. The molecule has 3 atom stereocenters. The molecule has 2 aliphatic rings. The highest BCUT2D eigenvalue weighted by Gasteiger charge is 2.38. The number of fused-ring (bicyclic) bond motifs is 1. The second-order valence-corrected chi connectivity index (χ2v) is 6.16. The average Bonchev–Trinajstić information content (AvgIpc) is 2.87. The Morgan fingerprint density at radius 1 is 1.35 bits per heavy atom. The number of halogens is 2. The Hall–Kier alpha value is -1.13. The molecule has 1 aromatic rings. The van der Waals surface area contributed by atoms with E-state index in [0.717, 1.165) is 12.8 Å². The first-order chi connectivity index (χ1) is 9.63. The van der Waals surface area contributed by atoms with Crippen LogP contribution in [0.25, 0.3) is 0 Å². The molecular weight excluding hydrogens is 279 g/mol. The molecule has 20 heavy (non-hydrogen) atoms. The maximum atomic E-state index is 13.6. The van der Waals surface area contributed by atoms with Gasteiger partial charge in [-0.1, -0.05) is 24.4 Å². The quantitative estimate of drug-likeness (QED) is 0.879. The monoisotopic (exact) mass is 296 g/mol. The number of carbonyl (C=O) groups excluding carboxylic acids is 1. The van der Waals surface area contributed by atoms with Crippen molar-refractivity contribution >= 4 is 23.2 Å². The van der Waals surface area contributed by atoms with Crippen LogP contribution in [0.4, 0.5) is 10.1 Å². The average molecular weight is 297 g/mol. The number of benzene rings is 1. The molecule has 1 saturated carbocycles. The number of hydrogen-bond donors (Lipinski definition) is 2. The van der Waals surface area contributed by atoms with Crippen LogP contribution in [0.3, 0.4) is 0 Å². The van der Waals surface area contributed by atoms with E-state index in [1.807, 2.05) is 0 Å². The highest BCUT2D eigenvalue weighted by atomic mass is 35.5. The van der Waals surface area contributed by atoms with Gasteiger partial charge >= 0.3 is 0 Å². The van der Waals surface area contributed by atoms with Gasteiger partial charge in [-0.15, -0.1) is 0 Å². The van der Waals surface area contributed by atoms with Gasteiger partial charge in [0.2, 0.25) is 5.91 Å². The Labute approximate surface area is 122 Å². The number of rotatable bonds is 2. The number of carbonyl (C=O) groups is 1. The fourth-order valence-electron chi connectivity index (χ4n) is 3.33. The first kappa shape index (κ1) is 13.8. The van der Waals surface area contributed by atoms with Crippen molar-refractivity contribution in [3.8, 4) is 0 Å². The first-order valence-electron chi connectivity index (χ1n) is 7.15. The topological polar surface area (TPSA) is 41.1 Å². The molecule has 1 aliphatic carbocycles. The van der Waals surface area contributed by atoms with Gasteiger partial charge in [-0.3, -0.25) is 4.79 Å². The van der Waals surface area contributed by atoms with E-state index in [2.05, 4.69) is 10.6 Å². The van der Waals surface area contributed by atoms with Gasteiger partial charge in [-0.25, -0.2) is 4.39 Å². The summed E-state index contributed by atoms with van der Waals surface area (Å²) < 4.78 is 13.6. The van der Waals surface area contributed by atoms with Crippen molar-refractivity contribution in [1.82, 2.24) is 5.32 Å². The lowest BCUT2D eigenvalue weighted by Gasteiger charge is -2.24. The van der Waals surface area contributed by atoms with E-state index in [1.165, 1.54) is 37.5 Å². The maximum absolute atomic E-state index is 13.6. The summed E-state index contributed by atoms with van der Waals surface area (Å²) in [5.74, 6) is -0.0394. The predicted octanol–water partition coefficient (Wildman–Crippen LogP) is 3.34. The van der Waals surface area contributed by atoms with E-state index >= 15 is 0 Å². The molecule has 0 bridgehead atoms. The van der Waals surface area contributed by atoms with E-state index in [0.29, 0.717) is 17.0 Å². The molecule has 3 unspecified atom stereocenters. The van der Waals surface area contributed by atoms with Gasteiger partial charge in [0.05, 0.1) is 11.7 Å². The lowest BCUT2D eigenvalue weighted by Crippen LogP contribution is -2.40. The summed E-state index contributed by atoms with van der Waals surface area (Å²) in [4.78, 5) is 12.2. The maximum Gasteiger partial charge on any atom is 0.241 e. The molecule has 108 valence electrons. The molecule has 2 fully saturated rings. The molecular formula is C15H18ClFN2O. The third-order valence-electron chi connectivity index (χ3n) is 4.37. The van der Waals surface area contributed by atoms with Crippen LogP contribution < -0.4 is 10.6 Å². The van der Waals surface area contributed by atoms with Gasteiger partial charge in [0.15, 0.2) is 0 Å². The summed E-state index contributed by atoms with van der Waals surface area (Å²) in [6, 6.07) is 4.40. The SMILES string of the molecule is O=C(Nc1cc(Cl)ccc1F)C1CC2CCCCC2N1. The standard InChI is InChI=1S/C15H18ClFN2O/c16-10-5-6-11(17)13(8-10)19-15(20)14-7-9-3-1-2-4-12(9)18-14/h5-6,8-9,12,14,18H,1-4,7H2,(H,19,20). The molecule has 3 rings (SSSR count). The summed E-state index contributed by atoms with van der Waals surface area (Å²) in [7, 11) is 0. The van der Waals surface area contributed by atoms with Crippen LogP contribution in [0.15, 0.2) is 18.2 Å². The van der Waals surface area contributed by atoms with Gasteiger partial charge in [0.1, 0.15) is 5.82 Å². The molecule has 2 N–H and O–H groups in total. The van der Waals surface area contributed by atoms with Crippen molar-refractivity contribution in [1.29, 1.82) is 0 Å². The smallest absolute Gasteiger partial charge is 0.241 e. The second-order valence-electron chi connectivity index (χ2n) is 5.72. The highest BCUT2D eigenvalue weighted by molar-refractivity contribution is 6.30. The Morgan fingerprint density at radius 2 is 2.15 bits per heavy atom. The number of nitrogens with one attached hydrogen (secondary N) is 2. The van der Waals surface area contributed by atoms with Gasteiger partial charge in [0.25, 0.3) is 0 Å². The molecule has 1 heterocycles. The minimum Gasteiger partial charge on any atom is -0.322 e. The van der Waals surface area contributed by atoms with E-state index in [-0.39, 0.29) is 17.6 Å². The molecule has 3 nitrogen and oxygen atoms in total. The van der Waals surface area contributed by atoms with Crippen molar-refractivity contribution < 1.29 is 9.18 Å². The summed E-state index contributed by atoms with van der Waals surface area (Å²) in [6.45, 7) is 0. The normalized spacial score (nSPS) is 29.0. The molecule has 0 spiro atoms. The Morgan fingerprint density at radius 3 is 2.95 bits per heavy atom. The van der Waals surface area contributed by atoms with Crippen LogP contribution in [0.1, 0.15) is 32.1 Å². The van der Waals surface area contributed by atoms with Crippen LogP contribution in [0.2, 0.25) is 5.02 Å². The summed E-state index contributed by atoms with van der Waals surface area (Å²) in [5, 5.41) is 6.43. The van der Waals surface area contributed by atoms with Crippen molar-refractivity contribution in [2.75, 3.05) is 5.32 Å². The van der Waals surface area contributed by atoms with Gasteiger partial charge in [-0.05, 0) is 43.4 Å². The van der Waals surface area contributed by atoms with Crippen LogP contribution in [0.5, 0.6) is 0 Å². The van der Waals surface area contributed by atoms with E-state index in [4.69, 9.17) is 11.6 Å². The van der Waals surface area contributed by atoms with Crippen molar-refractivity contribution in [2.45, 2.75) is 44.2 Å². The summed E-state index contributed by atoms with van der Waals surface area (Å²) in [6.07, 6.45) is 5.65. The molecule has 0 radical (unpaired) electrons. The molecule has 1 saturated heterocycles. The second kappa shape index (κ2) is 5.70. The number of amides is 1. The van der Waals surface area contributed by atoms with Crippen LogP contribution in [-0.4, -0.2) is 18.0 Å². The lowest BCUT2D eigenvalue weighted by molar-refractivity contribution is -0.117. The van der Waals surface area contributed by atoms with Crippen LogP contribution in [0, 0.1) is 11.7 Å². The minimum atomic E-state index is -0.460. The Kier molecular flexibility index (Phi) is 3.94. The van der Waals surface area contributed by atoms with Crippen molar-refractivity contribution in [3.05, 3.63) is 29.0 Å². The predicted molar refractivity (Wildman–Crippen MR) is 77.3 cm³/mol. The summed E-state index contributed by atoms with van der Waals surface area (Å²) >= 11 is 5.83. The fraction of sp³-hybridized carbons (Fsp3) is 0.533. The van der Waals surface area contributed by atoms with Gasteiger partial charge < -0.3 is 10.6 Å². The van der Waals surface area contributed by atoms with Crippen LogP contribution >= 0.6 is 11.6 Å². The van der Waals surface area contributed by atoms with E-state index in [9.17, 15) is 9.18 Å². The zero-order valence-corrected chi connectivity index (χ0v) is 11.9. The minimum absolute atomic E-state index is 0.152. The van der Waals surface area contributed by atoms with E-state index in [1.54, 1.807) is 0 Å². The first-order valence-corrected chi connectivity index (χ1v) is 7.53. The Balaban J connectivity index is 1.66. The molecule has 1 amide bonds. The van der Waals surface area contributed by atoms with Crippen molar-refractivity contribution in [3.63, 3.8) is 0 Å². The zero-order valence-electron chi connectivity index (χ0n) is 11.2. The lowest BCUT2D eigenvalue weighted by atomic mass is 9.85. The number of hydrogen-bond acceptors (Lipinski definition) is 2. The summed E-state index contributed by atoms with van der Waals surface area (Å²) in [5.41, 5.74) is 0.152. The zero-order chi connectivity index (χ0) is 14.1. The van der Waals surface area contributed by atoms with Gasteiger partial charge in [-0.2, -0.15) is 0 Å². The third kappa shape index (κ3) is 2.81.